The van der Waals surface area contributed by atoms with Gasteiger partial charge in [0.05, 0.1) is 12.8 Å². The SMILES string of the molecule is CCN1C(=O)[C@H](CC(=O)Nc2ccc(Cl)cc2)SC1=Nc1ccc(OC)cc1. The van der Waals surface area contributed by atoms with Gasteiger partial charge in [-0.2, -0.15) is 0 Å². The van der Waals surface area contributed by atoms with Gasteiger partial charge in [-0.15, -0.1) is 0 Å². The van der Waals surface area contributed by atoms with E-state index < -0.39 is 5.25 Å². The minimum absolute atomic E-state index is 0.0737. The molecule has 1 fully saturated rings. The molecule has 0 saturated carbocycles. The van der Waals surface area contributed by atoms with Crippen LogP contribution >= 0.6 is 23.4 Å². The Morgan fingerprint density at radius 2 is 1.89 bits per heavy atom. The fraction of sp³-hybridized carbons (Fsp3) is 0.250. The maximum absolute atomic E-state index is 12.7. The van der Waals surface area contributed by atoms with Gasteiger partial charge in [0, 0.05) is 23.7 Å². The van der Waals surface area contributed by atoms with Crippen LogP contribution in [0.5, 0.6) is 5.75 Å². The maximum atomic E-state index is 12.7. The predicted octanol–water partition coefficient (Wildman–Crippen LogP) is 4.33. The van der Waals surface area contributed by atoms with E-state index >= 15 is 0 Å². The highest BCUT2D eigenvalue weighted by atomic mass is 35.5. The summed E-state index contributed by atoms with van der Waals surface area (Å²) in [6, 6.07) is 14.1. The zero-order valence-corrected chi connectivity index (χ0v) is 17.1. The zero-order chi connectivity index (χ0) is 20.1. The average molecular weight is 418 g/mol. The molecule has 28 heavy (non-hydrogen) atoms. The number of nitrogens with one attached hydrogen (secondary N) is 1. The molecule has 1 heterocycles. The number of benzene rings is 2. The van der Waals surface area contributed by atoms with Crippen molar-refractivity contribution < 1.29 is 14.3 Å². The molecule has 0 aliphatic carbocycles. The van der Waals surface area contributed by atoms with E-state index in [9.17, 15) is 9.59 Å². The summed E-state index contributed by atoms with van der Waals surface area (Å²) < 4.78 is 5.14. The molecule has 8 heteroatoms. The number of halogens is 1. The smallest absolute Gasteiger partial charge is 0.242 e. The molecule has 0 spiro atoms. The first-order chi connectivity index (χ1) is 13.5. The number of anilines is 1. The molecular formula is C20H20ClN3O3S. The first kappa shape index (κ1) is 20.2. The van der Waals surface area contributed by atoms with Gasteiger partial charge < -0.3 is 10.1 Å². The van der Waals surface area contributed by atoms with Crippen LogP contribution in [0.1, 0.15) is 13.3 Å². The quantitative estimate of drug-likeness (QED) is 0.759. The second-order valence-electron chi connectivity index (χ2n) is 6.04. The molecule has 2 aromatic carbocycles. The third-order valence-corrected chi connectivity index (χ3v) is 5.56. The maximum Gasteiger partial charge on any atom is 0.242 e. The minimum atomic E-state index is -0.496. The third kappa shape index (κ3) is 4.85. The van der Waals surface area contributed by atoms with Crippen LogP contribution in [0.2, 0.25) is 5.02 Å². The van der Waals surface area contributed by atoms with E-state index in [-0.39, 0.29) is 18.2 Å². The lowest BCUT2D eigenvalue weighted by atomic mass is 10.2. The first-order valence-electron chi connectivity index (χ1n) is 8.76. The zero-order valence-electron chi connectivity index (χ0n) is 15.5. The minimum Gasteiger partial charge on any atom is -0.497 e. The molecule has 0 radical (unpaired) electrons. The number of aliphatic imine (C=N–C) groups is 1. The number of ether oxygens (including phenoxy) is 1. The molecule has 1 saturated heterocycles. The number of hydrogen-bond acceptors (Lipinski definition) is 5. The summed E-state index contributed by atoms with van der Waals surface area (Å²) in [7, 11) is 1.60. The number of nitrogens with zero attached hydrogens (tertiary/aromatic N) is 2. The number of methoxy groups -OCH3 is 1. The molecule has 2 amide bonds. The summed E-state index contributed by atoms with van der Waals surface area (Å²) in [5.74, 6) is 0.407. The van der Waals surface area contributed by atoms with Crippen LogP contribution in [0.4, 0.5) is 11.4 Å². The molecule has 1 aliphatic heterocycles. The molecule has 6 nitrogen and oxygen atoms in total. The molecule has 3 rings (SSSR count). The van der Waals surface area contributed by atoms with Gasteiger partial charge in [0.1, 0.15) is 11.0 Å². The van der Waals surface area contributed by atoms with Crippen molar-refractivity contribution in [3.8, 4) is 5.75 Å². The Bertz CT molecular complexity index is 885. The van der Waals surface area contributed by atoms with Crippen molar-refractivity contribution in [3.05, 3.63) is 53.6 Å². The molecule has 0 unspecified atom stereocenters. The molecule has 1 N–H and O–H groups in total. The molecule has 1 aliphatic rings. The third-order valence-electron chi connectivity index (χ3n) is 4.13. The Balaban J connectivity index is 1.68. The average Bonchev–Trinajstić information content (AvgIpc) is 2.98. The van der Waals surface area contributed by atoms with E-state index in [0.29, 0.717) is 22.4 Å². The number of amidine groups is 1. The van der Waals surface area contributed by atoms with E-state index in [1.54, 1.807) is 36.3 Å². The largest absolute Gasteiger partial charge is 0.497 e. The van der Waals surface area contributed by atoms with Crippen LogP contribution in [0, 0.1) is 0 Å². The lowest BCUT2D eigenvalue weighted by molar-refractivity contribution is -0.128. The van der Waals surface area contributed by atoms with Crippen molar-refractivity contribution in [1.29, 1.82) is 0 Å². The summed E-state index contributed by atoms with van der Waals surface area (Å²) >= 11 is 7.16. The van der Waals surface area contributed by atoms with Gasteiger partial charge in [0.25, 0.3) is 0 Å². The van der Waals surface area contributed by atoms with Gasteiger partial charge in [-0.1, -0.05) is 23.4 Å². The number of hydrogen-bond donors (Lipinski definition) is 1. The number of rotatable bonds is 6. The monoisotopic (exact) mass is 417 g/mol. The first-order valence-corrected chi connectivity index (χ1v) is 10.0. The van der Waals surface area contributed by atoms with E-state index in [0.717, 1.165) is 11.4 Å². The Morgan fingerprint density at radius 3 is 2.50 bits per heavy atom. The number of thioether (sulfide) groups is 1. The van der Waals surface area contributed by atoms with Gasteiger partial charge in [0.2, 0.25) is 11.8 Å². The fourth-order valence-corrected chi connectivity index (χ4v) is 4.04. The summed E-state index contributed by atoms with van der Waals surface area (Å²) in [5.41, 5.74) is 1.37. The molecule has 0 bridgehead atoms. The van der Waals surface area contributed by atoms with Crippen molar-refractivity contribution in [1.82, 2.24) is 4.90 Å². The van der Waals surface area contributed by atoms with Gasteiger partial charge in [-0.3, -0.25) is 14.5 Å². The van der Waals surface area contributed by atoms with Crippen molar-refractivity contribution in [2.45, 2.75) is 18.6 Å². The van der Waals surface area contributed by atoms with Gasteiger partial charge >= 0.3 is 0 Å². The molecule has 2 aromatic rings. The topological polar surface area (TPSA) is 71.0 Å². The van der Waals surface area contributed by atoms with E-state index in [1.807, 2.05) is 31.2 Å². The van der Waals surface area contributed by atoms with E-state index in [2.05, 4.69) is 10.3 Å². The summed E-state index contributed by atoms with van der Waals surface area (Å²) in [6.07, 6.45) is 0.0737. The second-order valence-corrected chi connectivity index (χ2v) is 7.65. The highest BCUT2D eigenvalue weighted by Gasteiger charge is 2.38. The second kappa shape index (κ2) is 9.12. The Morgan fingerprint density at radius 1 is 1.21 bits per heavy atom. The summed E-state index contributed by atoms with van der Waals surface area (Å²) in [6.45, 7) is 2.38. The van der Waals surface area contributed by atoms with Crippen LogP contribution in [0.3, 0.4) is 0 Å². The van der Waals surface area contributed by atoms with Crippen LogP contribution in [-0.2, 0) is 9.59 Å². The van der Waals surface area contributed by atoms with Crippen LogP contribution in [-0.4, -0.2) is 40.8 Å². The van der Waals surface area contributed by atoms with Crippen molar-refractivity contribution >= 4 is 51.7 Å². The predicted molar refractivity (Wildman–Crippen MR) is 114 cm³/mol. The standard InChI is InChI=1S/C20H20ClN3O3S/c1-3-24-19(26)17(12-18(25)22-14-6-4-13(21)5-7-14)28-20(24)23-15-8-10-16(27-2)11-9-15/h4-11,17H,3,12H2,1-2H3,(H,22,25)/t17-/m0/s1. The van der Waals surface area contributed by atoms with E-state index in [1.165, 1.54) is 11.8 Å². The summed E-state index contributed by atoms with van der Waals surface area (Å²) in [4.78, 5) is 31.2. The highest BCUT2D eigenvalue weighted by Crippen LogP contribution is 2.32. The molecular weight excluding hydrogens is 398 g/mol. The van der Waals surface area contributed by atoms with Crippen molar-refractivity contribution in [2.24, 2.45) is 4.99 Å². The number of carbonyl (C=O) groups excluding carboxylic acids is 2. The fourth-order valence-electron chi connectivity index (χ4n) is 2.70. The molecule has 0 aromatic heterocycles. The van der Waals surface area contributed by atoms with Crippen LogP contribution in [0.25, 0.3) is 0 Å². The van der Waals surface area contributed by atoms with Gasteiger partial charge in [-0.05, 0) is 55.5 Å². The van der Waals surface area contributed by atoms with E-state index in [4.69, 9.17) is 16.3 Å². The van der Waals surface area contributed by atoms with Crippen molar-refractivity contribution in [2.75, 3.05) is 19.0 Å². The van der Waals surface area contributed by atoms with Gasteiger partial charge in [0.15, 0.2) is 5.17 Å². The Kier molecular flexibility index (Phi) is 6.59. The highest BCUT2D eigenvalue weighted by molar-refractivity contribution is 8.15. The summed E-state index contributed by atoms with van der Waals surface area (Å²) in [5, 5.41) is 3.49. The Labute approximate surface area is 172 Å². The Hall–Kier alpha value is -2.51. The number of carbonyl (C=O) groups is 2. The lowest BCUT2D eigenvalue weighted by Crippen LogP contribution is -2.33. The van der Waals surface area contributed by atoms with Crippen LogP contribution < -0.4 is 10.1 Å². The molecule has 146 valence electrons. The van der Waals surface area contributed by atoms with Gasteiger partial charge in [-0.25, -0.2) is 4.99 Å². The lowest BCUT2D eigenvalue weighted by Gasteiger charge is -2.13. The van der Waals surface area contributed by atoms with Crippen molar-refractivity contribution in [3.63, 3.8) is 0 Å². The number of amides is 2. The normalized spacial score (nSPS) is 17.8. The molecule has 1 atom stereocenters. The van der Waals surface area contributed by atoms with Crippen LogP contribution in [0.15, 0.2) is 53.5 Å².